The molecule has 0 bridgehead atoms. The van der Waals surface area contributed by atoms with Gasteiger partial charge in [0.1, 0.15) is 4.60 Å². The number of halogens is 2. The summed E-state index contributed by atoms with van der Waals surface area (Å²) in [6.07, 6.45) is 0.954. The minimum absolute atomic E-state index is 0.179. The van der Waals surface area contributed by atoms with Crippen LogP contribution in [0.15, 0.2) is 4.60 Å². The largest absolute Gasteiger partial charge is 0.334 e. The number of amides is 1. The summed E-state index contributed by atoms with van der Waals surface area (Å²) in [5, 5.41) is 0. The number of imidazole rings is 1. The SMILES string of the molecule is CC(C)CCN1CCn2c(nc(F)c2Br)C1=O. The van der Waals surface area contributed by atoms with Gasteiger partial charge < -0.3 is 9.47 Å². The molecule has 94 valence electrons. The van der Waals surface area contributed by atoms with Crippen LogP contribution >= 0.6 is 15.9 Å². The van der Waals surface area contributed by atoms with Crippen molar-refractivity contribution in [3.63, 3.8) is 0 Å². The Morgan fingerprint density at radius 1 is 1.47 bits per heavy atom. The predicted molar refractivity (Wildman–Crippen MR) is 65.2 cm³/mol. The Labute approximate surface area is 108 Å². The summed E-state index contributed by atoms with van der Waals surface area (Å²) in [6.45, 7) is 6.16. The summed E-state index contributed by atoms with van der Waals surface area (Å²) in [5.41, 5.74) is 0. The van der Waals surface area contributed by atoms with Crippen LogP contribution in [0.4, 0.5) is 4.39 Å². The van der Waals surface area contributed by atoms with Crippen molar-refractivity contribution in [2.24, 2.45) is 5.92 Å². The Kier molecular flexibility index (Phi) is 3.51. The summed E-state index contributed by atoms with van der Waals surface area (Å²) in [7, 11) is 0. The van der Waals surface area contributed by atoms with Crippen LogP contribution in [0.25, 0.3) is 0 Å². The van der Waals surface area contributed by atoms with Gasteiger partial charge in [0.05, 0.1) is 0 Å². The van der Waals surface area contributed by atoms with Crippen LogP contribution < -0.4 is 0 Å². The highest BCUT2D eigenvalue weighted by Gasteiger charge is 2.29. The second kappa shape index (κ2) is 4.76. The molecular formula is C11H15BrFN3O. The van der Waals surface area contributed by atoms with Crippen LogP contribution in [0.5, 0.6) is 0 Å². The van der Waals surface area contributed by atoms with Crippen molar-refractivity contribution in [1.82, 2.24) is 14.5 Å². The number of aromatic nitrogens is 2. The predicted octanol–water partition coefficient (Wildman–Crippen LogP) is 2.29. The van der Waals surface area contributed by atoms with Crippen LogP contribution in [0.3, 0.4) is 0 Å². The van der Waals surface area contributed by atoms with E-state index in [9.17, 15) is 9.18 Å². The molecule has 0 aliphatic carbocycles. The first-order valence-corrected chi connectivity index (χ1v) is 6.50. The van der Waals surface area contributed by atoms with Gasteiger partial charge in [-0.1, -0.05) is 13.8 Å². The van der Waals surface area contributed by atoms with Crippen molar-refractivity contribution < 1.29 is 9.18 Å². The smallest absolute Gasteiger partial charge is 0.290 e. The lowest BCUT2D eigenvalue weighted by molar-refractivity contribution is 0.0687. The third-order valence-electron chi connectivity index (χ3n) is 2.92. The Hall–Kier alpha value is -0.910. The molecule has 0 unspecified atom stereocenters. The van der Waals surface area contributed by atoms with Crippen molar-refractivity contribution in [3.05, 3.63) is 16.4 Å². The molecular weight excluding hydrogens is 289 g/mol. The van der Waals surface area contributed by atoms with Gasteiger partial charge in [-0.05, 0) is 28.3 Å². The Balaban J connectivity index is 2.16. The number of hydrogen-bond donors (Lipinski definition) is 0. The second-order valence-electron chi connectivity index (χ2n) is 4.64. The average molecular weight is 304 g/mol. The number of carbonyl (C=O) groups excluding carboxylic acids is 1. The molecule has 1 aliphatic heterocycles. The van der Waals surface area contributed by atoms with Crippen molar-refractivity contribution in [2.75, 3.05) is 13.1 Å². The Morgan fingerprint density at radius 3 is 2.82 bits per heavy atom. The maximum atomic E-state index is 13.3. The maximum Gasteiger partial charge on any atom is 0.290 e. The van der Waals surface area contributed by atoms with Gasteiger partial charge in [0.2, 0.25) is 11.8 Å². The molecule has 2 rings (SSSR count). The molecule has 0 aromatic carbocycles. The van der Waals surface area contributed by atoms with Gasteiger partial charge in [0.25, 0.3) is 5.91 Å². The zero-order chi connectivity index (χ0) is 12.6. The van der Waals surface area contributed by atoms with Crippen molar-refractivity contribution >= 4 is 21.8 Å². The molecule has 0 saturated heterocycles. The summed E-state index contributed by atoms with van der Waals surface area (Å²) < 4.78 is 15.1. The van der Waals surface area contributed by atoms with Gasteiger partial charge in [0.15, 0.2) is 0 Å². The van der Waals surface area contributed by atoms with E-state index >= 15 is 0 Å². The molecule has 4 nitrogen and oxygen atoms in total. The van der Waals surface area contributed by atoms with E-state index in [1.807, 2.05) is 0 Å². The highest BCUT2D eigenvalue weighted by atomic mass is 79.9. The second-order valence-corrected chi connectivity index (χ2v) is 5.39. The van der Waals surface area contributed by atoms with E-state index in [1.54, 1.807) is 9.47 Å². The summed E-state index contributed by atoms with van der Waals surface area (Å²) in [6, 6.07) is 0. The van der Waals surface area contributed by atoms with Gasteiger partial charge >= 0.3 is 0 Å². The highest BCUT2D eigenvalue weighted by molar-refractivity contribution is 9.10. The molecule has 0 N–H and O–H groups in total. The fourth-order valence-electron chi connectivity index (χ4n) is 1.86. The van der Waals surface area contributed by atoms with Crippen molar-refractivity contribution in [3.8, 4) is 0 Å². The third kappa shape index (κ3) is 2.36. The van der Waals surface area contributed by atoms with E-state index in [0.29, 0.717) is 25.6 Å². The van der Waals surface area contributed by atoms with Gasteiger partial charge in [-0.3, -0.25) is 4.79 Å². The first-order chi connectivity index (χ1) is 8.00. The van der Waals surface area contributed by atoms with Crippen molar-refractivity contribution in [1.29, 1.82) is 0 Å². The van der Waals surface area contributed by atoms with Crippen LogP contribution in [-0.2, 0) is 6.54 Å². The first kappa shape index (κ1) is 12.5. The maximum absolute atomic E-state index is 13.3. The molecule has 1 amide bonds. The minimum atomic E-state index is -0.612. The van der Waals surface area contributed by atoms with Gasteiger partial charge in [-0.2, -0.15) is 9.37 Å². The average Bonchev–Trinajstić information content (AvgIpc) is 2.56. The number of fused-ring (bicyclic) bond motifs is 1. The van der Waals surface area contributed by atoms with Crippen LogP contribution in [-0.4, -0.2) is 33.4 Å². The van der Waals surface area contributed by atoms with Crippen molar-refractivity contribution in [2.45, 2.75) is 26.8 Å². The number of rotatable bonds is 3. The zero-order valence-electron chi connectivity index (χ0n) is 9.91. The monoisotopic (exact) mass is 303 g/mol. The Morgan fingerprint density at radius 2 is 2.18 bits per heavy atom. The van der Waals surface area contributed by atoms with Gasteiger partial charge in [-0.15, -0.1) is 0 Å². The fourth-order valence-corrected chi connectivity index (χ4v) is 2.30. The lowest BCUT2D eigenvalue weighted by Gasteiger charge is -2.28. The molecule has 17 heavy (non-hydrogen) atoms. The number of carbonyl (C=O) groups is 1. The quantitative estimate of drug-likeness (QED) is 0.859. The van der Waals surface area contributed by atoms with E-state index in [4.69, 9.17) is 0 Å². The molecule has 2 heterocycles. The molecule has 0 saturated carbocycles. The normalized spacial score (nSPS) is 15.6. The lowest BCUT2D eigenvalue weighted by Crippen LogP contribution is -2.41. The van der Waals surface area contributed by atoms with E-state index in [0.717, 1.165) is 6.42 Å². The van der Waals surface area contributed by atoms with E-state index in [1.165, 1.54) is 0 Å². The van der Waals surface area contributed by atoms with Crippen LogP contribution in [0.1, 0.15) is 30.9 Å². The summed E-state index contributed by atoms with van der Waals surface area (Å²) in [5.74, 6) is -0.0436. The summed E-state index contributed by atoms with van der Waals surface area (Å²) >= 11 is 3.10. The molecule has 6 heteroatoms. The first-order valence-electron chi connectivity index (χ1n) is 5.71. The van der Waals surface area contributed by atoms with Gasteiger partial charge in [-0.25, -0.2) is 0 Å². The Bertz CT molecular complexity index is 444. The topological polar surface area (TPSA) is 38.1 Å². The molecule has 1 aromatic heterocycles. The van der Waals surface area contributed by atoms with E-state index in [2.05, 4.69) is 34.8 Å². The van der Waals surface area contributed by atoms with Gasteiger partial charge in [0, 0.05) is 19.6 Å². The molecule has 0 atom stereocenters. The number of nitrogens with zero attached hydrogens (tertiary/aromatic N) is 3. The zero-order valence-corrected chi connectivity index (χ0v) is 11.5. The van der Waals surface area contributed by atoms with E-state index < -0.39 is 5.95 Å². The van der Waals surface area contributed by atoms with Crippen LogP contribution in [0, 0.1) is 11.9 Å². The molecule has 1 aliphatic rings. The van der Waals surface area contributed by atoms with E-state index in [-0.39, 0.29) is 16.3 Å². The minimum Gasteiger partial charge on any atom is -0.334 e. The molecule has 0 radical (unpaired) electrons. The molecule has 1 aromatic rings. The fraction of sp³-hybridized carbons (Fsp3) is 0.636. The molecule has 0 fully saturated rings. The standard InChI is InChI=1S/C11H15BrFN3O/c1-7(2)3-4-15-5-6-16-8(12)9(13)14-10(16)11(15)17/h7H,3-6H2,1-2H3. The lowest BCUT2D eigenvalue weighted by atomic mass is 10.1. The molecule has 0 spiro atoms. The third-order valence-corrected chi connectivity index (χ3v) is 3.67. The van der Waals surface area contributed by atoms with Crippen LogP contribution in [0.2, 0.25) is 0 Å². The number of hydrogen-bond acceptors (Lipinski definition) is 2. The summed E-state index contributed by atoms with van der Waals surface area (Å²) in [4.78, 5) is 17.5. The highest BCUT2D eigenvalue weighted by Crippen LogP contribution is 2.22.